The van der Waals surface area contributed by atoms with Crippen LogP contribution in [-0.2, 0) is 14.4 Å². The number of rotatable bonds is 8. The molecule has 1 heterocycles. The number of nitrogens with one attached hydrogen (secondary N) is 1. The van der Waals surface area contributed by atoms with Crippen molar-refractivity contribution >= 4 is 46.5 Å². The summed E-state index contributed by atoms with van der Waals surface area (Å²) in [4.78, 5) is 49.4. The van der Waals surface area contributed by atoms with Gasteiger partial charge in [-0.1, -0.05) is 18.2 Å². The number of imide groups is 1. The van der Waals surface area contributed by atoms with E-state index in [1.807, 2.05) is 13.0 Å². The molecule has 0 unspecified atom stereocenters. The van der Waals surface area contributed by atoms with Gasteiger partial charge in [-0.15, -0.1) is 0 Å². The van der Waals surface area contributed by atoms with Gasteiger partial charge in [0.15, 0.2) is 17.6 Å². The number of nitrogens with zero attached hydrogens (tertiary/aromatic N) is 1. The fraction of sp³-hybridized carbons (Fsp3) is 0.217. The first-order valence-electron chi connectivity index (χ1n) is 9.87. The summed E-state index contributed by atoms with van der Waals surface area (Å²) < 4.78 is 10.6. The third-order valence-corrected chi connectivity index (χ3v) is 5.52. The smallest absolute Gasteiger partial charge is 0.344 e. The largest absolute Gasteiger partial charge is 0.493 e. The van der Waals surface area contributed by atoms with Crippen molar-refractivity contribution in [1.29, 1.82) is 0 Å². The molecule has 2 aromatic carbocycles. The zero-order chi connectivity index (χ0) is 24.1. The molecule has 2 N–H and O–H groups in total. The number of carboxylic acids is 1. The van der Waals surface area contributed by atoms with Gasteiger partial charge >= 0.3 is 5.97 Å². The monoisotopic (exact) mass is 470 g/mol. The molecule has 3 rings (SSSR count). The molecule has 1 saturated heterocycles. The number of thioether (sulfide) groups is 1. The van der Waals surface area contributed by atoms with Crippen LogP contribution in [0, 0.1) is 6.92 Å². The Bertz CT molecular complexity index is 1150. The third kappa shape index (κ3) is 5.92. The van der Waals surface area contributed by atoms with Crippen LogP contribution in [-0.4, -0.2) is 52.8 Å². The standard InChI is InChI=1S/C23H22N2O7S/c1-13-5-4-6-16(9-13)24-20(26)12-25-21(27)19(33-23(25)30)11-15-7-8-17(18(10-15)31-3)32-14(2)22(28)29/h4-11,14H,12H2,1-3H3,(H,24,26)(H,28,29)/b19-11-/t14-/m0/s1. The first kappa shape index (κ1) is 23.9. The second-order valence-corrected chi connectivity index (χ2v) is 8.19. The van der Waals surface area contributed by atoms with Crippen molar-refractivity contribution in [1.82, 2.24) is 4.90 Å². The summed E-state index contributed by atoms with van der Waals surface area (Å²) in [7, 11) is 1.40. The lowest BCUT2D eigenvalue weighted by atomic mass is 10.1. The molecular formula is C23H22N2O7S. The molecule has 1 aliphatic heterocycles. The van der Waals surface area contributed by atoms with E-state index in [0.717, 1.165) is 22.2 Å². The summed E-state index contributed by atoms with van der Waals surface area (Å²) in [6, 6.07) is 11.9. The van der Waals surface area contributed by atoms with E-state index in [4.69, 9.17) is 14.6 Å². The van der Waals surface area contributed by atoms with Gasteiger partial charge in [0.2, 0.25) is 5.91 Å². The zero-order valence-electron chi connectivity index (χ0n) is 18.2. The highest BCUT2D eigenvalue weighted by atomic mass is 32.2. The van der Waals surface area contributed by atoms with Crippen molar-refractivity contribution in [3.8, 4) is 11.5 Å². The molecule has 10 heteroatoms. The van der Waals surface area contributed by atoms with Gasteiger partial charge in [-0.25, -0.2) is 4.79 Å². The Morgan fingerprint density at radius 2 is 1.94 bits per heavy atom. The SMILES string of the molecule is COc1cc(/C=C2\SC(=O)N(CC(=O)Nc3cccc(C)c3)C2=O)ccc1O[C@@H](C)C(=O)O. The fourth-order valence-electron chi connectivity index (χ4n) is 2.97. The Kier molecular flexibility index (Phi) is 7.39. The minimum absolute atomic E-state index is 0.151. The number of benzene rings is 2. The van der Waals surface area contributed by atoms with Crippen LogP contribution in [0.5, 0.6) is 11.5 Å². The molecule has 0 radical (unpaired) electrons. The molecule has 0 aliphatic carbocycles. The maximum absolute atomic E-state index is 12.7. The van der Waals surface area contributed by atoms with E-state index in [2.05, 4.69) is 5.32 Å². The van der Waals surface area contributed by atoms with E-state index in [1.54, 1.807) is 30.3 Å². The van der Waals surface area contributed by atoms with Crippen LogP contribution in [0.1, 0.15) is 18.1 Å². The Balaban J connectivity index is 1.72. The number of ether oxygens (including phenoxy) is 2. The number of aliphatic carboxylic acids is 1. The Hall–Kier alpha value is -3.79. The number of hydrogen-bond donors (Lipinski definition) is 2. The summed E-state index contributed by atoms with van der Waals surface area (Å²) in [5.74, 6) is -1.69. The molecule has 33 heavy (non-hydrogen) atoms. The van der Waals surface area contributed by atoms with Crippen LogP contribution in [0.15, 0.2) is 47.4 Å². The molecule has 2 aromatic rings. The topological polar surface area (TPSA) is 122 Å². The number of carboxylic acid groups (broad SMARTS) is 1. The van der Waals surface area contributed by atoms with Crippen molar-refractivity contribution in [2.24, 2.45) is 0 Å². The van der Waals surface area contributed by atoms with Crippen molar-refractivity contribution < 1.29 is 33.8 Å². The molecule has 1 aliphatic rings. The average molecular weight is 471 g/mol. The lowest BCUT2D eigenvalue weighted by Gasteiger charge is -2.14. The van der Waals surface area contributed by atoms with Gasteiger partial charge in [-0.2, -0.15) is 0 Å². The summed E-state index contributed by atoms with van der Waals surface area (Å²) in [6.07, 6.45) is 0.420. The molecule has 0 bridgehead atoms. The quantitative estimate of drug-likeness (QED) is 0.562. The summed E-state index contributed by atoms with van der Waals surface area (Å²) in [5.41, 5.74) is 2.08. The molecule has 1 fully saturated rings. The van der Waals surface area contributed by atoms with Crippen LogP contribution in [0.25, 0.3) is 6.08 Å². The second-order valence-electron chi connectivity index (χ2n) is 7.19. The normalized spacial score (nSPS) is 15.5. The molecule has 3 amide bonds. The number of carbonyl (C=O) groups is 4. The lowest BCUT2D eigenvalue weighted by molar-refractivity contribution is -0.144. The van der Waals surface area contributed by atoms with E-state index in [0.29, 0.717) is 11.3 Å². The van der Waals surface area contributed by atoms with Crippen molar-refractivity contribution in [2.45, 2.75) is 20.0 Å². The number of amides is 3. The maximum Gasteiger partial charge on any atom is 0.344 e. The van der Waals surface area contributed by atoms with E-state index >= 15 is 0 Å². The van der Waals surface area contributed by atoms with Crippen LogP contribution in [0.4, 0.5) is 10.5 Å². The van der Waals surface area contributed by atoms with Crippen molar-refractivity contribution in [3.05, 3.63) is 58.5 Å². The van der Waals surface area contributed by atoms with Crippen LogP contribution in [0.3, 0.4) is 0 Å². The van der Waals surface area contributed by atoms with Crippen LogP contribution < -0.4 is 14.8 Å². The number of hydrogen-bond acceptors (Lipinski definition) is 7. The molecular weight excluding hydrogens is 448 g/mol. The molecule has 0 aromatic heterocycles. The number of carbonyl (C=O) groups excluding carboxylic acids is 3. The second kappa shape index (κ2) is 10.2. The van der Waals surface area contributed by atoms with E-state index in [1.165, 1.54) is 26.2 Å². The van der Waals surface area contributed by atoms with Crippen molar-refractivity contribution in [2.75, 3.05) is 19.0 Å². The number of anilines is 1. The Morgan fingerprint density at radius 1 is 1.18 bits per heavy atom. The highest BCUT2D eigenvalue weighted by Gasteiger charge is 2.36. The molecule has 0 saturated carbocycles. The molecule has 172 valence electrons. The number of aryl methyl sites for hydroxylation is 1. The van der Waals surface area contributed by atoms with E-state index in [9.17, 15) is 19.2 Å². The molecule has 1 atom stereocenters. The average Bonchev–Trinajstić information content (AvgIpc) is 3.01. The van der Waals surface area contributed by atoms with Crippen LogP contribution >= 0.6 is 11.8 Å². The van der Waals surface area contributed by atoms with Gasteiger partial charge < -0.3 is 19.9 Å². The van der Waals surface area contributed by atoms with Gasteiger partial charge in [-0.05, 0) is 67.1 Å². The maximum atomic E-state index is 12.7. The fourth-order valence-corrected chi connectivity index (χ4v) is 3.81. The van der Waals surface area contributed by atoms with Gasteiger partial charge in [0.05, 0.1) is 12.0 Å². The van der Waals surface area contributed by atoms with Gasteiger partial charge in [-0.3, -0.25) is 19.3 Å². The summed E-state index contributed by atoms with van der Waals surface area (Å²) in [5, 5.41) is 11.1. The van der Waals surface area contributed by atoms with Crippen LogP contribution in [0.2, 0.25) is 0 Å². The predicted octanol–water partition coefficient (Wildman–Crippen LogP) is 3.53. The highest BCUT2D eigenvalue weighted by molar-refractivity contribution is 8.18. The van der Waals surface area contributed by atoms with E-state index in [-0.39, 0.29) is 16.4 Å². The van der Waals surface area contributed by atoms with Gasteiger partial charge in [0, 0.05) is 5.69 Å². The minimum Gasteiger partial charge on any atom is -0.493 e. The van der Waals surface area contributed by atoms with E-state index < -0.39 is 35.7 Å². The van der Waals surface area contributed by atoms with Crippen molar-refractivity contribution in [3.63, 3.8) is 0 Å². The molecule has 0 spiro atoms. The first-order chi connectivity index (χ1) is 15.7. The van der Waals surface area contributed by atoms with Gasteiger partial charge in [0.25, 0.3) is 11.1 Å². The third-order valence-electron chi connectivity index (χ3n) is 4.61. The summed E-state index contributed by atoms with van der Waals surface area (Å²) >= 11 is 0.728. The predicted molar refractivity (Wildman–Crippen MR) is 123 cm³/mol. The molecule has 9 nitrogen and oxygen atoms in total. The Morgan fingerprint density at radius 3 is 2.61 bits per heavy atom. The first-order valence-corrected chi connectivity index (χ1v) is 10.7. The minimum atomic E-state index is -1.12. The zero-order valence-corrected chi connectivity index (χ0v) is 19.0. The van der Waals surface area contributed by atoms with Gasteiger partial charge in [0.1, 0.15) is 6.54 Å². The summed E-state index contributed by atoms with van der Waals surface area (Å²) in [6.45, 7) is 2.87. The Labute approximate surface area is 194 Å². The lowest BCUT2D eigenvalue weighted by Crippen LogP contribution is -2.36. The highest BCUT2D eigenvalue weighted by Crippen LogP contribution is 2.34. The number of methoxy groups -OCH3 is 1.